The second-order valence-electron chi connectivity index (χ2n) is 5.96. The Hall–Kier alpha value is -3.20. The summed E-state index contributed by atoms with van der Waals surface area (Å²) in [4.78, 5) is 35.9. The van der Waals surface area contributed by atoms with E-state index in [4.69, 9.17) is 10.5 Å². The molecule has 0 aliphatic rings. The molecule has 1 atom stereocenters. The number of fused-ring (bicyclic) bond motifs is 1. The molecule has 0 saturated heterocycles. The van der Waals surface area contributed by atoms with Crippen LogP contribution in [-0.2, 0) is 16.1 Å². The number of esters is 1. The van der Waals surface area contributed by atoms with Crippen molar-refractivity contribution in [3.8, 4) is 0 Å². The van der Waals surface area contributed by atoms with E-state index < -0.39 is 24.0 Å². The Morgan fingerprint density at radius 1 is 1.30 bits per heavy atom. The van der Waals surface area contributed by atoms with E-state index in [1.807, 2.05) is 47.3 Å². The molecule has 0 spiro atoms. The Bertz CT molecular complexity index is 1010. The number of benzene rings is 1. The van der Waals surface area contributed by atoms with Crippen molar-refractivity contribution in [1.29, 1.82) is 0 Å². The molecular formula is C18H18N4O4S. The first-order valence-corrected chi connectivity index (χ1v) is 8.99. The van der Waals surface area contributed by atoms with Gasteiger partial charge in [-0.25, -0.2) is 9.59 Å². The van der Waals surface area contributed by atoms with Crippen molar-refractivity contribution in [2.24, 2.45) is 5.73 Å². The van der Waals surface area contributed by atoms with Gasteiger partial charge in [-0.3, -0.25) is 14.8 Å². The molecule has 2 aromatic heterocycles. The lowest BCUT2D eigenvalue weighted by atomic mass is 10.2. The number of hydrogen-bond donors (Lipinski definition) is 2. The minimum absolute atomic E-state index is 0.353. The summed E-state index contributed by atoms with van der Waals surface area (Å²) in [6.45, 7) is 3.82. The average molecular weight is 386 g/mol. The van der Waals surface area contributed by atoms with Gasteiger partial charge in [-0.1, -0.05) is 30.3 Å². The summed E-state index contributed by atoms with van der Waals surface area (Å²) in [6.07, 6.45) is -1.14. The highest BCUT2D eigenvalue weighted by molar-refractivity contribution is 7.20. The first-order chi connectivity index (χ1) is 12.8. The van der Waals surface area contributed by atoms with Crippen LogP contribution in [0.4, 0.5) is 4.79 Å². The standard InChI is InChI=1S/C18H18N4O4S/c1-10-13-8-14(17(24)26-11(2)15(23)20-18(19)25)27-16(13)22(21-10)9-12-6-4-3-5-7-12/h3-8,11H,9H2,1-2H3,(H3,19,20,23,25). The zero-order valence-electron chi connectivity index (χ0n) is 14.8. The highest BCUT2D eigenvalue weighted by Crippen LogP contribution is 2.29. The molecule has 0 radical (unpaired) electrons. The highest BCUT2D eigenvalue weighted by atomic mass is 32.1. The number of aryl methyl sites for hydroxylation is 1. The lowest BCUT2D eigenvalue weighted by Crippen LogP contribution is -2.42. The number of carbonyl (C=O) groups excluding carboxylic acids is 3. The van der Waals surface area contributed by atoms with Crippen molar-refractivity contribution in [2.75, 3.05) is 0 Å². The molecule has 3 rings (SSSR count). The van der Waals surface area contributed by atoms with E-state index in [9.17, 15) is 14.4 Å². The number of aromatic nitrogens is 2. The number of amides is 3. The van der Waals surface area contributed by atoms with Crippen LogP contribution in [0, 0.1) is 6.92 Å². The molecule has 3 amide bonds. The van der Waals surface area contributed by atoms with E-state index in [1.165, 1.54) is 18.3 Å². The summed E-state index contributed by atoms with van der Waals surface area (Å²) in [6, 6.07) is 10.6. The van der Waals surface area contributed by atoms with Crippen LogP contribution in [0.3, 0.4) is 0 Å². The van der Waals surface area contributed by atoms with E-state index in [-0.39, 0.29) is 0 Å². The molecule has 9 heteroatoms. The lowest BCUT2D eigenvalue weighted by molar-refractivity contribution is -0.127. The number of ether oxygens (including phenoxy) is 1. The summed E-state index contributed by atoms with van der Waals surface area (Å²) < 4.78 is 6.96. The quantitative estimate of drug-likeness (QED) is 0.652. The largest absolute Gasteiger partial charge is 0.448 e. The maximum absolute atomic E-state index is 12.4. The Labute approximate surface area is 158 Å². The molecule has 140 valence electrons. The zero-order chi connectivity index (χ0) is 19.6. The summed E-state index contributed by atoms with van der Waals surface area (Å²) >= 11 is 1.24. The molecular weight excluding hydrogens is 368 g/mol. The van der Waals surface area contributed by atoms with Gasteiger partial charge < -0.3 is 10.5 Å². The van der Waals surface area contributed by atoms with Crippen molar-refractivity contribution in [3.63, 3.8) is 0 Å². The van der Waals surface area contributed by atoms with E-state index in [2.05, 4.69) is 5.10 Å². The highest BCUT2D eigenvalue weighted by Gasteiger charge is 2.23. The Kier molecular flexibility index (Phi) is 5.22. The van der Waals surface area contributed by atoms with Gasteiger partial charge in [0.05, 0.1) is 12.2 Å². The number of urea groups is 1. The molecule has 8 nitrogen and oxygen atoms in total. The van der Waals surface area contributed by atoms with Gasteiger partial charge in [0.1, 0.15) is 9.71 Å². The molecule has 3 aromatic rings. The monoisotopic (exact) mass is 386 g/mol. The Morgan fingerprint density at radius 2 is 2.00 bits per heavy atom. The van der Waals surface area contributed by atoms with Crippen molar-refractivity contribution in [3.05, 3.63) is 52.5 Å². The molecule has 3 N–H and O–H groups in total. The van der Waals surface area contributed by atoms with Crippen LogP contribution < -0.4 is 11.1 Å². The van der Waals surface area contributed by atoms with E-state index >= 15 is 0 Å². The molecule has 0 aliphatic carbocycles. The Balaban J connectivity index is 1.80. The predicted molar refractivity (Wildman–Crippen MR) is 100 cm³/mol. The van der Waals surface area contributed by atoms with Gasteiger partial charge in [-0.15, -0.1) is 11.3 Å². The number of nitrogens with one attached hydrogen (secondary N) is 1. The van der Waals surface area contributed by atoms with Crippen molar-refractivity contribution < 1.29 is 19.1 Å². The van der Waals surface area contributed by atoms with Gasteiger partial charge in [0.15, 0.2) is 6.10 Å². The molecule has 0 bridgehead atoms. The first-order valence-electron chi connectivity index (χ1n) is 8.17. The van der Waals surface area contributed by atoms with Crippen LogP contribution in [0.25, 0.3) is 10.2 Å². The van der Waals surface area contributed by atoms with E-state index in [1.54, 1.807) is 6.07 Å². The smallest absolute Gasteiger partial charge is 0.349 e. The van der Waals surface area contributed by atoms with Crippen LogP contribution in [0.15, 0.2) is 36.4 Å². The topological polar surface area (TPSA) is 116 Å². The minimum atomic E-state index is -1.14. The average Bonchev–Trinajstić information content (AvgIpc) is 3.17. The number of rotatable bonds is 5. The second-order valence-corrected chi connectivity index (χ2v) is 6.99. The summed E-state index contributed by atoms with van der Waals surface area (Å²) in [5.74, 6) is -1.42. The normalized spacial score (nSPS) is 11.9. The third-order valence-corrected chi connectivity index (χ3v) is 5.01. The first kappa shape index (κ1) is 18.6. The fraction of sp³-hybridized carbons (Fsp3) is 0.222. The van der Waals surface area contributed by atoms with Gasteiger partial charge in [-0.2, -0.15) is 5.10 Å². The van der Waals surface area contributed by atoms with Crippen molar-refractivity contribution >= 4 is 39.5 Å². The molecule has 1 unspecified atom stereocenters. The Morgan fingerprint density at radius 3 is 2.67 bits per heavy atom. The maximum Gasteiger partial charge on any atom is 0.349 e. The van der Waals surface area contributed by atoms with Gasteiger partial charge in [-0.05, 0) is 25.5 Å². The molecule has 27 heavy (non-hydrogen) atoms. The summed E-state index contributed by atoms with van der Waals surface area (Å²) in [5.41, 5.74) is 6.78. The molecule has 0 saturated carbocycles. The minimum Gasteiger partial charge on any atom is -0.448 e. The van der Waals surface area contributed by atoms with E-state index in [0.717, 1.165) is 21.5 Å². The van der Waals surface area contributed by atoms with Gasteiger partial charge in [0.2, 0.25) is 0 Å². The van der Waals surface area contributed by atoms with Crippen LogP contribution in [0.2, 0.25) is 0 Å². The molecule has 2 heterocycles. The maximum atomic E-state index is 12.4. The number of nitrogens with zero attached hydrogens (tertiary/aromatic N) is 2. The van der Waals surface area contributed by atoms with Gasteiger partial charge >= 0.3 is 12.0 Å². The summed E-state index contributed by atoms with van der Waals surface area (Å²) in [5, 5.41) is 7.26. The van der Waals surface area contributed by atoms with Gasteiger partial charge in [0.25, 0.3) is 5.91 Å². The molecule has 0 fully saturated rings. The van der Waals surface area contributed by atoms with E-state index in [0.29, 0.717) is 11.4 Å². The molecule has 0 aliphatic heterocycles. The number of nitrogens with two attached hydrogens (primary N) is 1. The number of primary amides is 1. The number of hydrogen-bond acceptors (Lipinski definition) is 6. The predicted octanol–water partition coefficient (Wildman–Crippen LogP) is 2.19. The summed E-state index contributed by atoms with van der Waals surface area (Å²) in [7, 11) is 0. The van der Waals surface area contributed by atoms with Crippen molar-refractivity contribution in [1.82, 2.24) is 15.1 Å². The van der Waals surface area contributed by atoms with Crippen LogP contribution in [0.1, 0.15) is 27.9 Å². The zero-order valence-corrected chi connectivity index (χ0v) is 15.6. The van der Waals surface area contributed by atoms with Crippen molar-refractivity contribution in [2.45, 2.75) is 26.5 Å². The lowest BCUT2D eigenvalue weighted by Gasteiger charge is -2.10. The number of imide groups is 1. The van der Waals surface area contributed by atoms with Gasteiger partial charge in [0, 0.05) is 5.39 Å². The third-order valence-electron chi connectivity index (χ3n) is 3.88. The SMILES string of the molecule is Cc1nn(Cc2ccccc2)c2sc(C(=O)OC(C)C(=O)NC(N)=O)cc12. The number of carbonyl (C=O) groups is 3. The fourth-order valence-corrected chi connectivity index (χ4v) is 3.62. The molecule has 1 aromatic carbocycles. The van der Waals surface area contributed by atoms with Crippen LogP contribution in [-0.4, -0.2) is 33.8 Å². The number of thiophene rings is 1. The van der Waals surface area contributed by atoms with Crippen LogP contribution >= 0.6 is 11.3 Å². The second kappa shape index (κ2) is 7.58. The van der Waals surface area contributed by atoms with Crippen LogP contribution in [0.5, 0.6) is 0 Å². The fourth-order valence-electron chi connectivity index (χ4n) is 2.57. The third kappa shape index (κ3) is 4.14.